The van der Waals surface area contributed by atoms with Gasteiger partial charge in [-0.15, -0.1) is 0 Å². The molecule has 0 bridgehead atoms. The number of amides is 2. The monoisotopic (exact) mass is 442 g/mol. The fourth-order valence-electron chi connectivity index (χ4n) is 3.32. The number of hydrogen-bond donors (Lipinski definition) is 2. The van der Waals surface area contributed by atoms with E-state index in [1.807, 2.05) is 0 Å². The highest BCUT2D eigenvalue weighted by molar-refractivity contribution is 5.98. The molecule has 7 nitrogen and oxygen atoms in total. The van der Waals surface area contributed by atoms with E-state index in [1.165, 1.54) is 11.0 Å². The van der Waals surface area contributed by atoms with E-state index in [9.17, 15) is 31.5 Å². The van der Waals surface area contributed by atoms with Crippen LogP contribution < -0.4 is 5.32 Å². The molecule has 0 radical (unpaired) electrons. The van der Waals surface area contributed by atoms with Crippen molar-refractivity contribution in [2.75, 3.05) is 6.54 Å². The fraction of sp³-hybridized carbons (Fsp3) is 0.316. The van der Waals surface area contributed by atoms with Gasteiger partial charge in [0.05, 0.1) is 12.2 Å². The van der Waals surface area contributed by atoms with Crippen LogP contribution in [0.1, 0.15) is 39.2 Å². The van der Waals surface area contributed by atoms with Gasteiger partial charge in [-0.1, -0.05) is 5.16 Å². The molecule has 31 heavy (non-hydrogen) atoms. The van der Waals surface area contributed by atoms with Crippen molar-refractivity contribution in [2.24, 2.45) is 0 Å². The lowest BCUT2D eigenvalue weighted by Gasteiger charge is -2.26. The molecule has 0 aliphatic carbocycles. The normalized spacial score (nSPS) is 15.1. The van der Waals surface area contributed by atoms with Gasteiger partial charge in [0.25, 0.3) is 11.8 Å². The number of alkyl halides is 3. The standard InChI is InChI=1S/C19H15F5N4O3/c1-8(19(22,23)24)25-17(29)16-10-7-28(3-2-13(10)27-31-16)18(30)15-5-9-4-11(20)12(21)6-14(9)26-15/h4-6,8,26H,2-3,7H2,1H3,(H,25,29). The summed E-state index contributed by atoms with van der Waals surface area (Å²) in [6.07, 6.45) is -4.41. The third-order valence-corrected chi connectivity index (χ3v) is 5.06. The molecule has 12 heteroatoms. The average molecular weight is 442 g/mol. The molecule has 2 amide bonds. The number of rotatable bonds is 3. The summed E-state index contributed by atoms with van der Waals surface area (Å²) in [7, 11) is 0. The topological polar surface area (TPSA) is 91.2 Å². The highest BCUT2D eigenvalue weighted by atomic mass is 19.4. The molecule has 2 N–H and O–H groups in total. The molecule has 3 aromatic rings. The van der Waals surface area contributed by atoms with E-state index in [0.717, 1.165) is 19.1 Å². The van der Waals surface area contributed by atoms with Crippen LogP contribution in [0.2, 0.25) is 0 Å². The van der Waals surface area contributed by atoms with Crippen LogP contribution in [-0.4, -0.2) is 45.6 Å². The summed E-state index contributed by atoms with van der Waals surface area (Å²) < 4.78 is 69.9. The van der Waals surface area contributed by atoms with Crippen LogP contribution >= 0.6 is 0 Å². The second-order valence-corrected chi connectivity index (χ2v) is 7.19. The Morgan fingerprint density at radius 3 is 2.65 bits per heavy atom. The molecule has 164 valence electrons. The molecule has 0 saturated heterocycles. The number of nitrogens with zero attached hydrogens (tertiary/aromatic N) is 2. The highest BCUT2D eigenvalue weighted by Crippen LogP contribution is 2.26. The number of carbonyl (C=O) groups excluding carboxylic acids is 2. The number of hydrogen-bond acceptors (Lipinski definition) is 4. The van der Waals surface area contributed by atoms with Crippen LogP contribution in [-0.2, 0) is 13.0 Å². The molecule has 2 aromatic heterocycles. The van der Waals surface area contributed by atoms with Gasteiger partial charge < -0.3 is 19.7 Å². The molecule has 0 saturated carbocycles. The summed E-state index contributed by atoms with van der Waals surface area (Å²) in [6, 6.07) is 1.15. The maximum absolute atomic E-state index is 13.4. The van der Waals surface area contributed by atoms with Crippen LogP contribution in [0, 0.1) is 11.6 Å². The smallest absolute Gasteiger partial charge is 0.350 e. The van der Waals surface area contributed by atoms with E-state index in [0.29, 0.717) is 11.1 Å². The number of nitrogens with one attached hydrogen (secondary N) is 2. The Hall–Kier alpha value is -3.44. The van der Waals surface area contributed by atoms with Crippen molar-refractivity contribution in [1.29, 1.82) is 0 Å². The van der Waals surface area contributed by atoms with Gasteiger partial charge >= 0.3 is 6.18 Å². The van der Waals surface area contributed by atoms with Crippen LogP contribution in [0.15, 0.2) is 22.7 Å². The van der Waals surface area contributed by atoms with Crippen LogP contribution in [0.5, 0.6) is 0 Å². The van der Waals surface area contributed by atoms with Gasteiger partial charge in [-0.25, -0.2) is 8.78 Å². The molecule has 1 aliphatic rings. The summed E-state index contributed by atoms with van der Waals surface area (Å²) >= 11 is 0. The number of carbonyl (C=O) groups is 2. The molecule has 0 spiro atoms. The van der Waals surface area contributed by atoms with E-state index >= 15 is 0 Å². The first-order valence-electron chi connectivity index (χ1n) is 9.16. The van der Waals surface area contributed by atoms with Gasteiger partial charge in [0.2, 0.25) is 5.76 Å². The maximum atomic E-state index is 13.4. The first kappa shape index (κ1) is 20.8. The summed E-state index contributed by atoms with van der Waals surface area (Å²) in [6.45, 7) is 0.869. The van der Waals surface area contributed by atoms with Gasteiger partial charge in [-0.05, 0) is 19.1 Å². The minimum absolute atomic E-state index is 0.0663. The quantitative estimate of drug-likeness (QED) is 0.609. The van der Waals surface area contributed by atoms with E-state index in [-0.39, 0.29) is 36.3 Å². The fourth-order valence-corrected chi connectivity index (χ4v) is 3.32. The summed E-state index contributed by atoms with van der Waals surface area (Å²) in [5.41, 5.74) is 0.872. The lowest BCUT2D eigenvalue weighted by atomic mass is 10.0. The van der Waals surface area contributed by atoms with E-state index in [4.69, 9.17) is 4.52 Å². The van der Waals surface area contributed by atoms with Crippen molar-refractivity contribution in [3.05, 3.63) is 52.5 Å². The van der Waals surface area contributed by atoms with Crippen molar-refractivity contribution < 1.29 is 36.1 Å². The Kier molecular flexibility index (Phi) is 4.94. The minimum atomic E-state index is -4.63. The molecule has 4 rings (SSSR count). The SMILES string of the molecule is CC(NC(=O)c1onc2c1CN(C(=O)c1cc3cc(F)c(F)cc3[nH]1)CC2)C(F)(F)F. The molecule has 0 fully saturated rings. The number of halogens is 5. The predicted molar refractivity (Wildman–Crippen MR) is 96.1 cm³/mol. The second-order valence-electron chi connectivity index (χ2n) is 7.19. The first-order chi connectivity index (χ1) is 14.5. The zero-order valence-electron chi connectivity index (χ0n) is 15.9. The Balaban J connectivity index is 1.55. The zero-order chi connectivity index (χ0) is 22.5. The number of H-pyrrole nitrogens is 1. The predicted octanol–water partition coefficient (Wildman–Crippen LogP) is 3.31. The Labute approximate surface area is 171 Å². The van der Waals surface area contributed by atoms with Gasteiger partial charge in [0.15, 0.2) is 11.6 Å². The second kappa shape index (κ2) is 7.36. The van der Waals surface area contributed by atoms with Gasteiger partial charge in [0, 0.05) is 35.5 Å². The molecular formula is C19H15F5N4O3. The Morgan fingerprint density at radius 2 is 1.94 bits per heavy atom. The first-order valence-corrected chi connectivity index (χ1v) is 9.16. The van der Waals surface area contributed by atoms with Crippen molar-refractivity contribution in [1.82, 2.24) is 20.4 Å². The van der Waals surface area contributed by atoms with Crippen LogP contribution in [0.25, 0.3) is 10.9 Å². The van der Waals surface area contributed by atoms with Gasteiger partial charge in [0.1, 0.15) is 11.7 Å². The van der Waals surface area contributed by atoms with E-state index < -0.39 is 41.4 Å². The van der Waals surface area contributed by atoms with Crippen LogP contribution in [0.3, 0.4) is 0 Å². The zero-order valence-corrected chi connectivity index (χ0v) is 15.9. The number of benzene rings is 1. The molecule has 3 heterocycles. The van der Waals surface area contributed by atoms with E-state index in [2.05, 4.69) is 10.1 Å². The van der Waals surface area contributed by atoms with Crippen LogP contribution in [0.4, 0.5) is 22.0 Å². The Morgan fingerprint density at radius 1 is 1.23 bits per heavy atom. The maximum Gasteiger partial charge on any atom is 0.408 e. The van der Waals surface area contributed by atoms with Gasteiger partial charge in [-0.3, -0.25) is 9.59 Å². The molecule has 1 aromatic carbocycles. The van der Waals surface area contributed by atoms with Crippen molar-refractivity contribution in [3.63, 3.8) is 0 Å². The molecular weight excluding hydrogens is 427 g/mol. The lowest BCUT2D eigenvalue weighted by molar-refractivity contribution is -0.149. The summed E-state index contributed by atoms with van der Waals surface area (Å²) in [5.74, 6) is -4.13. The highest BCUT2D eigenvalue weighted by Gasteiger charge is 2.39. The number of aromatic amines is 1. The van der Waals surface area contributed by atoms with E-state index in [1.54, 1.807) is 5.32 Å². The minimum Gasteiger partial charge on any atom is -0.350 e. The molecule has 1 aliphatic heterocycles. The average Bonchev–Trinajstić information content (AvgIpc) is 3.30. The van der Waals surface area contributed by atoms with Gasteiger partial charge in [-0.2, -0.15) is 13.2 Å². The van der Waals surface area contributed by atoms with Crippen molar-refractivity contribution in [2.45, 2.75) is 32.1 Å². The third kappa shape index (κ3) is 3.84. The third-order valence-electron chi connectivity index (χ3n) is 5.06. The van der Waals surface area contributed by atoms with Crippen molar-refractivity contribution in [3.8, 4) is 0 Å². The molecule has 1 unspecified atom stereocenters. The summed E-state index contributed by atoms with van der Waals surface area (Å²) in [5, 5.41) is 5.82. The van der Waals surface area contributed by atoms with Crippen molar-refractivity contribution >= 4 is 22.7 Å². The number of aromatic nitrogens is 2. The molecule has 1 atom stereocenters. The largest absolute Gasteiger partial charge is 0.408 e. The summed E-state index contributed by atoms with van der Waals surface area (Å²) in [4.78, 5) is 29.2. The lowest BCUT2D eigenvalue weighted by Crippen LogP contribution is -2.43. The Bertz CT molecular complexity index is 1140. The number of fused-ring (bicyclic) bond motifs is 2.